The van der Waals surface area contributed by atoms with E-state index in [4.69, 9.17) is 16.7 Å². The van der Waals surface area contributed by atoms with E-state index in [1.165, 1.54) is 0 Å². The van der Waals surface area contributed by atoms with Crippen LogP contribution in [0.4, 0.5) is 0 Å². The van der Waals surface area contributed by atoms with E-state index < -0.39 is 0 Å². The van der Waals surface area contributed by atoms with Crippen molar-refractivity contribution >= 4 is 27.5 Å². The quantitative estimate of drug-likeness (QED) is 0.846. The second kappa shape index (κ2) is 7.28. The third-order valence-corrected chi connectivity index (χ3v) is 3.45. The Morgan fingerprint density at radius 2 is 2.25 bits per heavy atom. The minimum atomic E-state index is 0.254. The van der Waals surface area contributed by atoms with E-state index >= 15 is 0 Å². The molecule has 0 aliphatic heterocycles. The summed E-state index contributed by atoms with van der Waals surface area (Å²) in [5.41, 5.74) is 1.16. The van der Waals surface area contributed by atoms with Gasteiger partial charge < -0.3 is 10.4 Å². The number of hydrogen-bond donors (Lipinski definition) is 2. The first-order valence-corrected chi connectivity index (χ1v) is 6.56. The van der Waals surface area contributed by atoms with Crippen molar-refractivity contribution in [1.29, 1.82) is 0 Å². The lowest BCUT2D eigenvalue weighted by atomic mass is 10.1. The topological polar surface area (TPSA) is 32.3 Å². The lowest BCUT2D eigenvalue weighted by Gasteiger charge is -2.12. The van der Waals surface area contributed by atoms with Crippen molar-refractivity contribution in [2.45, 2.75) is 19.9 Å². The van der Waals surface area contributed by atoms with Gasteiger partial charge in [-0.15, -0.1) is 0 Å². The molecule has 1 atom stereocenters. The molecule has 0 saturated carbocycles. The highest BCUT2D eigenvalue weighted by Crippen LogP contribution is 2.20. The van der Waals surface area contributed by atoms with Gasteiger partial charge in [0.1, 0.15) is 0 Å². The molecule has 0 radical (unpaired) electrons. The minimum Gasteiger partial charge on any atom is -0.396 e. The zero-order valence-electron chi connectivity index (χ0n) is 9.34. The minimum absolute atomic E-state index is 0.254. The van der Waals surface area contributed by atoms with Gasteiger partial charge in [0.25, 0.3) is 0 Å². The maximum Gasteiger partial charge on any atom is 0.0434 e. The molecule has 2 nitrogen and oxygen atoms in total. The zero-order chi connectivity index (χ0) is 12.0. The second-order valence-electron chi connectivity index (χ2n) is 3.98. The summed E-state index contributed by atoms with van der Waals surface area (Å²) in [6.07, 6.45) is 0.837. The van der Waals surface area contributed by atoms with Crippen LogP contribution in [0, 0.1) is 5.92 Å². The molecule has 16 heavy (non-hydrogen) atoms. The van der Waals surface area contributed by atoms with Crippen LogP contribution in [0.15, 0.2) is 22.7 Å². The fourth-order valence-electron chi connectivity index (χ4n) is 1.45. The van der Waals surface area contributed by atoms with E-state index in [2.05, 4.69) is 28.2 Å². The van der Waals surface area contributed by atoms with Crippen LogP contribution in [0.1, 0.15) is 18.9 Å². The van der Waals surface area contributed by atoms with Gasteiger partial charge in [-0.2, -0.15) is 0 Å². The molecule has 0 spiro atoms. The van der Waals surface area contributed by atoms with Crippen molar-refractivity contribution in [2.75, 3.05) is 13.2 Å². The lowest BCUT2D eigenvalue weighted by molar-refractivity contribution is 0.260. The molecule has 1 aromatic carbocycles. The Morgan fingerprint density at radius 3 is 2.94 bits per heavy atom. The Balaban J connectivity index is 2.39. The molecule has 90 valence electrons. The molecular weight excluding hydrogens is 289 g/mol. The van der Waals surface area contributed by atoms with Gasteiger partial charge >= 0.3 is 0 Å². The number of benzene rings is 1. The number of rotatable bonds is 6. The molecule has 0 saturated heterocycles. The Morgan fingerprint density at radius 1 is 1.50 bits per heavy atom. The van der Waals surface area contributed by atoms with E-state index in [9.17, 15) is 0 Å². The molecule has 1 unspecified atom stereocenters. The molecule has 4 heteroatoms. The van der Waals surface area contributed by atoms with Crippen LogP contribution < -0.4 is 5.32 Å². The molecule has 0 aliphatic rings. The van der Waals surface area contributed by atoms with E-state index in [0.29, 0.717) is 5.92 Å². The van der Waals surface area contributed by atoms with Gasteiger partial charge in [0.2, 0.25) is 0 Å². The molecule has 0 amide bonds. The molecule has 0 bridgehead atoms. The summed E-state index contributed by atoms with van der Waals surface area (Å²) in [6.45, 7) is 4.07. The predicted octanol–water partition coefficient (Wildman–Crippen LogP) is 3.21. The molecule has 2 N–H and O–H groups in total. The fourth-order valence-corrected chi connectivity index (χ4v) is 2.04. The van der Waals surface area contributed by atoms with Gasteiger partial charge in [-0.3, -0.25) is 0 Å². The molecule has 0 aromatic heterocycles. The summed E-state index contributed by atoms with van der Waals surface area (Å²) >= 11 is 9.42. The maximum atomic E-state index is 8.78. The van der Waals surface area contributed by atoms with Gasteiger partial charge in [-0.1, -0.05) is 34.5 Å². The highest BCUT2D eigenvalue weighted by Gasteiger charge is 2.03. The van der Waals surface area contributed by atoms with Gasteiger partial charge in [-0.25, -0.2) is 0 Å². The van der Waals surface area contributed by atoms with Gasteiger partial charge in [-0.05, 0) is 42.6 Å². The molecule has 1 rings (SSSR count). The summed E-state index contributed by atoms with van der Waals surface area (Å²) in [5.74, 6) is 0.489. The van der Waals surface area contributed by atoms with E-state index in [1.54, 1.807) is 0 Å². The average Bonchev–Trinajstić information content (AvgIpc) is 2.23. The summed E-state index contributed by atoms with van der Waals surface area (Å²) in [7, 11) is 0. The average molecular weight is 307 g/mol. The first kappa shape index (κ1) is 14.0. The monoisotopic (exact) mass is 305 g/mol. The SMILES string of the molecule is CC(CCO)CNCc1cc(Cl)ccc1Br. The maximum absolute atomic E-state index is 8.78. The largest absolute Gasteiger partial charge is 0.396 e. The Kier molecular flexibility index (Phi) is 6.36. The highest BCUT2D eigenvalue weighted by atomic mass is 79.9. The molecular formula is C12H17BrClNO. The van der Waals surface area contributed by atoms with Crippen LogP contribution in [-0.2, 0) is 6.54 Å². The molecule has 1 aromatic rings. The number of aliphatic hydroxyl groups excluding tert-OH is 1. The number of nitrogens with one attached hydrogen (secondary N) is 1. The van der Waals surface area contributed by atoms with E-state index in [1.807, 2.05) is 18.2 Å². The lowest BCUT2D eigenvalue weighted by Crippen LogP contribution is -2.21. The van der Waals surface area contributed by atoms with Crippen LogP contribution in [0.5, 0.6) is 0 Å². The Bertz CT molecular complexity index is 333. The van der Waals surface area contributed by atoms with Crippen LogP contribution in [0.2, 0.25) is 5.02 Å². The standard InChI is InChI=1S/C12H17BrClNO/c1-9(4-5-16)7-15-8-10-6-11(14)2-3-12(10)13/h2-3,6,9,15-16H,4-5,7-8H2,1H3. The molecule has 0 heterocycles. The van der Waals surface area contributed by atoms with Crippen molar-refractivity contribution in [1.82, 2.24) is 5.32 Å². The van der Waals surface area contributed by atoms with Crippen molar-refractivity contribution in [2.24, 2.45) is 5.92 Å². The Labute approximate surface area is 110 Å². The smallest absolute Gasteiger partial charge is 0.0434 e. The number of halogens is 2. The highest BCUT2D eigenvalue weighted by molar-refractivity contribution is 9.10. The van der Waals surface area contributed by atoms with Crippen molar-refractivity contribution < 1.29 is 5.11 Å². The van der Waals surface area contributed by atoms with Crippen LogP contribution in [0.25, 0.3) is 0 Å². The summed E-state index contributed by atoms with van der Waals surface area (Å²) in [6, 6.07) is 5.77. The van der Waals surface area contributed by atoms with Gasteiger partial charge in [0.15, 0.2) is 0 Å². The molecule has 0 fully saturated rings. The number of aliphatic hydroxyl groups is 1. The summed E-state index contributed by atoms with van der Waals surface area (Å²) in [4.78, 5) is 0. The third kappa shape index (κ3) is 4.83. The van der Waals surface area contributed by atoms with E-state index in [-0.39, 0.29) is 6.61 Å². The second-order valence-corrected chi connectivity index (χ2v) is 5.27. The Hall–Kier alpha value is -0.0900. The van der Waals surface area contributed by atoms with Gasteiger partial charge in [0.05, 0.1) is 0 Å². The fraction of sp³-hybridized carbons (Fsp3) is 0.500. The number of hydrogen-bond acceptors (Lipinski definition) is 2. The van der Waals surface area contributed by atoms with Crippen LogP contribution in [-0.4, -0.2) is 18.3 Å². The van der Waals surface area contributed by atoms with Gasteiger partial charge in [0, 0.05) is 22.6 Å². The van der Waals surface area contributed by atoms with E-state index in [0.717, 1.165) is 34.6 Å². The summed E-state index contributed by atoms with van der Waals surface area (Å²) < 4.78 is 1.07. The first-order chi connectivity index (χ1) is 7.63. The van der Waals surface area contributed by atoms with Crippen molar-refractivity contribution in [3.8, 4) is 0 Å². The van der Waals surface area contributed by atoms with Crippen molar-refractivity contribution in [3.05, 3.63) is 33.3 Å². The third-order valence-electron chi connectivity index (χ3n) is 2.44. The first-order valence-electron chi connectivity index (χ1n) is 5.39. The van der Waals surface area contributed by atoms with Crippen molar-refractivity contribution in [3.63, 3.8) is 0 Å². The summed E-state index contributed by atoms with van der Waals surface area (Å²) in [5, 5.41) is 12.9. The predicted molar refractivity (Wildman–Crippen MR) is 71.7 cm³/mol. The zero-order valence-corrected chi connectivity index (χ0v) is 11.7. The van der Waals surface area contributed by atoms with Crippen LogP contribution >= 0.6 is 27.5 Å². The normalized spacial score (nSPS) is 12.8. The van der Waals surface area contributed by atoms with Crippen LogP contribution in [0.3, 0.4) is 0 Å². The molecule has 0 aliphatic carbocycles.